The van der Waals surface area contributed by atoms with E-state index >= 15 is 0 Å². The molecule has 1 unspecified atom stereocenters. The van der Waals surface area contributed by atoms with Crippen molar-refractivity contribution in [2.24, 2.45) is 0 Å². The highest BCUT2D eigenvalue weighted by atomic mass is 16.3. The molecule has 2 aromatic heterocycles. The fourth-order valence-corrected chi connectivity index (χ4v) is 1.78. The van der Waals surface area contributed by atoms with Crippen LogP contribution in [0.4, 0.5) is 0 Å². The van der Waals surface area contributed by atoms with E-state index in [1.807, 2.05) is 12.4 Å². The van der Waals surface area contributed by atoms with Crippen molar-refractivity contribution in [2.75, 3.05) is 0 Å². The molecule has 0 saturated heterocycles. The molecule has 1 N–H and O–H groups in total. The minimum atomic E-state index is -0.479. The van der Waals surface area contributed by atoms with Crippen LogP contribution in [0.25, 0.3) is 11.2 Å². The number of fused-ring (bicyclic) bond motifs is 1. The molecule has 0 aliphatic heterocycles. The van der Waals surface area contributed by atoms with Crippen molar-refractivity contribution in [1.29, 1.82) is 0 Å². The maximum atomic E-state index is 9.44. The zero-order valence-electron chi connectivity index (χ0n) is 8.59. The lowest BCUT2D eigenvalue weighted by molar-refractivity contribution is 0.199. The van der Waals surface area contributed by atoms with Crippen molar-refractivity contribution >= 4 is 11.2 Å². The van der Waals surface area contributed by atoms with Gasteiger partial charge in [0.25, 0.3) is 0 Å². The fourth-order valence-electron chi connectivity index (χ4n) is 1.78. The summed E-state index contributed by atoms with van der Waals surface area (Å²) in [5.41, 5.74) is 2.63. The molecule has 0 bridgehead atoms. The molecule has 0 radical (unpaired) electrons. The zero-order valence-corrected chi connectivity index (χ0v) is 8.59. The highest BCUT2D eigenvalue weighted by Gasteiger charge is 2.25. The average molecular weight is 203 g/mol. The van der Waals surface area contributed by atoms with E-state index < -0.39 is 6.10 Å². The second-order valence-corrected chi connectivity index (χ2v) is 4.17. The van der Waals surface area contributed by atoms with Gasteiger partial charge in [0.1, 0.15) is 5.52 Å². The van der Waals surface area contributed by atoms with Crippen LogP contribution in [-0.2, 0) is 0 Å². The quantitative estimate of drug-likeness (QED) is 0.810. The molecule has 78 valence electrons. The SMILES string of the molecule is CC(O)c1cnc2c(c1)ncn2C1CC1. The number of hydrogen-bond donors (Lipinski definition) is 1. The molecule has 0 spiro atoms. The molecule has 3 rings (SSSR count). The van der Waals surface area contributed by atoms with E-state index in [1.165, 1.54) is 12.8 Å². The van der Waals surface area contributed by atoms with Gasteiger partial charge in [-0.3, -0.25) is 0 Å². The minimum absolute atomic E-state index is 0.479. The van der Waals surface area contributed by atoms with E-state index in [-0.39, 0.29) is 0 Å². The molecule has 1 saturated carbocycles. The van der Waals surface area contributed by atoms with E-state index in [1.54, 1.807) is 13.1 Å². The van der Waals surface area contributed by atoms with Gasteiger partial charge in [0.05, 0.1) is 12.4 Å². The summed E-state index contributed by atoms with van der Waals surface area (Å²) in [4.78, 5) is 8.68. The van der Waals surface area contributed by atoms with Gasteiger partial charge >= 0.3 is 0 Å². The number of rotatable bonds is 2. The first-order valence-corrected chi connectivity index (χ1v) is 5.26. The van der Waals surface area contributed by atoms with Gasteiger partial charge in [-0.05, 0) is 25.8 Å². The summed E-state index contributed by atoms with van der Waals surface area (Å²) in [6.45, 7) is 1.74. The van der Waals surface area contributed by atoms with Crippen LogP contribution in [-0.4, -0.2) is 19.6 Å². The topological polar surface area (TPSA) is 50.9 Å². The Morgan fingerprint density at radius 3 is 2.93 bits per heavy atom. The molecule has 15 heavy (non-hydrogen) atoms. The van der Waals surface area contributed by atoms with Gasteiger partial charge in [-0.1, -0.05) is 0 Å². The Kier molecular flexibility index (Phi) is 1.79. The Bertz CT molecular complexity index is 500. The molecule has 1 fully saturated rings. The average Bonchev–Trinajstić information content (AvgIpc) is 2.98. The maximum Gasteiger partial charge on any atom is 0.160 e. The monoisotopic (exact) mass is 203 g/mol. The number of imidazole rings is 1. The van der Waals surface area contributed by atoms with Crippen molar-refractivity contribution in [2.45, 2.75) is 31.9 Å². The van der Waals surface area contributed by atoms with Crippen LogP contribution in [0.1, 0.15) is 37.5 Å². The van der Waals surface area contributed by atoms with Gasteiger partial charge in [0.2, 0.25) is 0 Å². The van der Waals surface area contributed by atoms with Crippen LogP contribution < -0.4 is 0 Å². The first-order valence-electron chi connectivity index (χ1n) is 5.26. The first-order chi connectivity index (χ1) is 7.25. The maximum absolute atomic E-state index is 9.44. The first kappa shape index (κ1) is 8.85. The number of aliphatic hydroxyl groups excluding tert-OH is 1. The number of aliphatic hydroxyl groups is 1. The van der Waals surface area contributed by atoms with Crippen LogP contribution in [0.3, 0.4) is 0 Å². The van der Waals surface area contributed by atoms with Crippen LogP contribution in [0, 0.1) is 0 Å². The third-order valence-corrected chi connectivity index (χ3v) is 2.86. The predicted molar refractivity (Wildman–Crippen MR) is 56.4 cm³/mol. The third-order valence-electron chi connectivity index (χ3n) is 2.86. The van der Waals surface area contributed by atoms with Crippen LogP contribution >= 0.6 is 0 Å². The summed E-state index contributed by atoms with van der Waals surface area (Å²) >= 11 is 0. The zero-order chi connectivity index (χ0) is 10.4. The van der Waals surface area contributed by atoms with Gasteiger partial charge in [0.15, 0.2) is 5.65 Å². The number of pyridine rings is 1. The molecule has 2 heterocycles. The second-order valence-electron chi connectivity index (χ2n) is 4.17. The minimum Gasteiger partial charge on any atom is -0.389 e. The van der Waals surface area contributed by atoms with Gasteiger partial charge in [-0.25, -0.2) is 9.97 Å². The lowest BCUT2D eigenvalue weighted by Crippen LogP contribution is -1.96. The predicted octanol–water partition coefficient (Wildman–Crippen LogP) is 1.82. The largest absolute Gasteiger partial charge is 0.389 e. The summed E-state index contributed by atoms with van der Waals surface area (Å²) in [7, 11) is 0. The van der Waals surface area contributed by atoms with E-state index in [4.69, 9.17) is 0 Å². The van der Waals surface area contributed by atoms with Crippen molar-refractivity contribution in [1.82, 2.24) is 14.5 Å². The van der Waals surface area contributed by atoms with Crippen LogP contribution in [0.15, 0.2) is 18.6 Å². The lowest BCUT2D eigenvalue weighted by atomic mass is 10.2. The van der Waals surface area contributed by atoms with Crippen molar-refractivity contribution in [3.63, 3.8) is 0 Å². The Hall–Kier alpha value is -1.42. The van der Waals surface area contributed by atoms with Crippen molar-refractivity contribution in [3.05, 3.63) is 24.2 Å². The molecule has 0 amide bonds. The number of nitrogens with zero attached hydrogens (tertiary/aromatic N) is 3. The summed E-state index contributed by atoms with van der Waals surface area (Å²) < 4.78 is 2.13. The second kappa shape index (κ2) is 3.03. The highest BCUT2D eigenvalue weighted by molar-refractivity contribution is 5.71. The number of hydrogen-bond acceptors (Lipinski definition) is 3. The Morgan fingerprint density at radius 2 is 2.27 bits per heavy atom. The van der Waals surface area contributed by atoms with E-state index in [0.717, 1.165) is 16.7 Å². The van der Waals surface area contributed by atoms with Gasteiger partial charge in [-0.15, -0.1) is 0 Å². The molecular weight excluding hydrogens is 190 g/mol. The fraction of sp³-hybridized carbons (Fsp3) is 0.455. The third kappa shape index (κ3) is 1.41. The molecule has 1 aliphatic rings. The van der Waals surface area contributed by atoms with E-state index in [2.05, 4.69) is 14.5 Å². The normalized spacial score (nSPS) is 18.3. The van der Waals surface area contributed by atoms with E-state index in [9.17, 15) is 5.11 Å². The van der Waals surface area contributed by atoms with Crippen molar-refractivity contribution < 1.29 is 5.11 Å². The molecular formula is C11H13N3O. The summed E-state index contributed by atoms with van der Waals surface area (Å²) in [6, 6.07) is 2.51. The Morgan fingerprint density at radius 1 is 1.47 bits per heavy atom. The molecule has 1 atom stereocenters. The molecule has 2 aromatic rings. The Balaban J connectivity index is 2.13. The lowest BCUT2D eigenvalue weighted by Gasteiger charge is -2.04. The van der Waals surface area contributed by atoms with Crippen LogP contribution in [0.5, 0.6) is 0 Å². The van der Waals surface area contributed by atoms with E-state index in [0.29, 0.717) is 6.04 Å². The number of aromatic nitrogens is 3. The van der Waals surface area contributed by atoms with Gasteiger partial charge in [-0.2, -0.15) is 0 Å². The molecule has 1 aliphatic carbocycles. The Labute approximate surface area is 87.6 Å². The molecule has 4 heteroatoms. The summed E-state index contributed by atoms with van der Waals surface area (Å²) in [5, 5.41) is 9.44. The smallest absolute Gasteiger partial charge is 0.160 e. The van der Waals surface area contributed by atoms with Gasteiger partial charge < -0.3 is 9.67 Å². The molecule has 0 aromatic carbocycles. The van der Waals surface area contributed by atoms with Crippen LogP contribution in [0.2, 0.25) is 0 Å². The van der Waals surface area contributed by atoms with Gasteiger partial charge in [0, 0.05) is 17.8 Å². The standard InChI is InChI=1S/C11H13N3O/c1-7(15)8-4-10-11(12-5-8)14(6-13-10)9-2-3-9/h4-7,9,15H,2-3H2,1H3. The molecule has 4 nitrogen and oxygen atoms in total. The van der Waals surface area contributed by atoms with Crippen molar-refractivity contribution in [3.8, 4) is 0 Å². The summed E-state index contributed by atoms with van der Waals surface area (Å²) in [6.07, 6.45) is 5.55. The highest BCUT2D eigenvalue weighted by Crippen LogP contribution is 2.36. The summed E-state index contributed by atoms with van der Waals surface area (Å²) in [5.74, 6) is 0.